The minimum atomic E-state index is -0.934. The number of halogens is 1. The monoisotopic (exact) mass is 509 g/mol. The third kappa shape index (κ3) is 7.59. The van der Waals surface area contributed by atoms with Crippen molar-refractivity contribution in [1.82, 2.24) is 25.1 Å². The molecule has 0 saturated carbocycles. The average Bonchev–Trinajstić information content (AvgIpc) is 3.32. The Labute approximate surface area is 214 Å². The second kappa shape index (κ2) is 12.9. The highest BCUT2D eigenvalue weighted by Crippen LogP contribution is 2.26. The Morgan fingerprint density at radius 1 is 1.14 bits per heavy atom. The van der Waals surface area contributed by atoms with Crippen molar-refractivity contribution in [1.29, 1.82) is 0 Å². The van der Waals surface area contributed by atoms with Gasteiger partial charge in [-0.3, -0.25) is 5.10 Å². The largest absolute Gasteiger partial charge is 0.493 e. The Kier molecular flexibility index (Phi) is 9.19. The molecule has 0 radical (unpaired) electrons. The lowest BCUT2D eigenvalue weighted by Crippen LogP contribution is -2.28. The molecule has 196 valence electrons. The number of H-pyrrole nitrogens is 1. The maximum Gasteiger partial charge on any atom is 0.142 e. The van der Waals surface area contributed by atoms with Crippen LogP contribution in [0.25, 0.3) is 10.9 Å². The van der Waals surface area contributed by atoms with Gasteiger partial charge in [0.05, 0.1) is 24.4 Å². The predicted molar refractivity (Wildman–Crippen MR) is 140 cm³/mol. The highest BCUT2D eigenvalue weighted by molar-refractivity contribution is 5.91. The molecule has 1 unspecified atom stereocenters. The lowest BCUT2D eigenvalue weighted by molar-refractivity contribution is 0.189. The van der Waals surface area contributed by atoms with Crippen molar-refractivity contribution in [2.75, 3.05) is 43.5 Å². The van der Waals surface area contributed by atoms with Gasteiger partial charge in [-0.25, -0.2) is 14.4 Å². The molecule has 4 aromatic rings. The van der Waals surface area contributed by atoms with E-state index in [9.17, 15) is 9.50 Å². The molecule has 0 amide bonds. The van der Waals surface area contributed by atoms with Crippen molar-refractivity contribution >= 4 is 28.2 Å². The van der Waals surface area contributed by atoms with Crippen LogP contribution in [0.2, 0.25) is 0 Å². The van der Waals surface area contributed by atoms with E-state index in [0.717, 1.165) is 36.2 Å². The van der Waals surface area contributed by atoms with E-state index >= 15 is 0 Å². The van der Waals surface area contributed by atoms with E-state index in [-0.39, 0.29) is 18.8 Å². The zero-order chi connectivity index (χ0) is 26.0. The molecule has 0 bridgehead atoms. The number of aliphatic hydroxyl groups is 2. The first-order chi connectivity index (χ1) is 18.0. The zero-order valence-corrected chi connectivity index (χ0v) is 20.7. The Hall–Kier alpha value is -3.80. The summed E-state index contributed by atoms with van der Waals surface area (Å²) < 4.78 is 19.2. The van der Waals surface area contributed by atoms with Gasteiger partial charge in [-0.1, -0.05) is 13.0 Å². The molecule has 0 fully saturated rings. The summed E-state index contributed by atoms with van der Waals surface area (Å²) >= 11 is 0. The fraction of sp³-hybridized carbons (Fsp3) is 0.346. The number of ether oxygens (including phenoxy) is 1. The van der Waals surface area contributed by atoms with E-state index in [1.165, 1.54) is 18.5 Å². The van der Waals surface area contributed by atoms with Gasteiger partial charge >= 0.3 is 0 Å². The van der Waals surface area contributed by atoms with Crippen LogP contribution in [-0.4, -0.2) is 74.4 Å². The number of aromatic amines is 1. The van der Waals surface area contributed by atoms with E-state index in [2.05, 4.69) is 42.6 Å². The highest BCUT2D eigenvalue weighted by atomic mass is 19.1. The molecule has 10 nitrogen and oxygen atoms in total. The predicted octanol–water partition coefficient (Wildman–Crippen LogP) is 3.29. The maximum absolute atomic E-state index is 13.3. The molecule has 0 aliphatic heterocycles. The van der Waals surface area contributed by atoms with Gasteiger partial charge in [-0.05, 0) is 43.3 Å². The summed E-state index contributed by atoms with van der Waals surface area (Å²) in [4.78, 5) is 10.9. The van der Waals surface area contributed by atoms with Crippen LogP contribution in [0.15, 0.2) is 54.9 Å². The average molecular weight is 510 g/mol. The minimum Gasteiger partial charge on any atom is -0.493 e. The molecule has 0 aliphatic carbocycles. The number of aliphatic hydroxyl groups excluding tert-OH is 2. The van der Waals surface area contributed by atoms with E-state index in [1.807, 2.05) is 18.2 Å². The number of aromatic nitrogens is 4. The van der Waals surface area contributed by atoms with Crippen molar-refractivity contribution < 1.29 is 19.3 Å². The number of hydrogen-bond acceptors (Lipinski definition) is 9. The molecule has 2 heterocycles. The third-order valence-corrected chi connectivity index (χ3v) is 5.80. The molecule has 0 saturated heterocycles. The van der Waals surface area contributed by atoms with Crippen LogP contribution in [-0.2, 0) is 6.42 Å². The number of fused-ring (bicyclic) bond motifs is 1. The van der Waals surface area contributed by atoms with Crippen LogP contribution in [0.4, 0.5) is 21.7 Å². The van der Waals surface area contributed by atoms with Crippen molar-refractivity contribution in [3.8, 4) is 5.75 Å². The lowest BCUT2D eigenvalue weighted by Gasteiger charge is -2.18. The number of likely N-dealkylation sites (N-methyl/N-ethyl adjacent to an activating group) is 1. The number of rotatable bonds is 14. The molecule has 37 heavy (non-hydrogen) atoms. The summed E-state index contributed by atoms with van der Waals surface area (Å²) in [6.07, 6.45) is 1.62. The Morgan fingerprint density at radius 3 is 2.84 bits per heavy atom. The van der Waals surface area contributed by atoms with E-state index in [1.54, 1.807) is 18.2 Å². The number of nitrogens with zero attached hydrogens (tertiary/aromatic N) is 4. The second-order valence-corrected chi connectivity index (χ2v) is 8.53. The number of benzene rings is 2. The number of anilines is 3. The summed E-state index contributed by atoms with van der Waals surface area (Å²) in [5.41, 5.74) is 1.84. The summed E-state index contributed by atoms with van der Waals surface area (Å²) in [5, 5.41) is 33.4. The molecule has 4 rings (SSSR count). The van der Waals surface area contributed by atoms with E-state index < -0.39 is 6.23 Å². The zero-order valence-electron chi connectivity index (χ0n) is 20.7. The fourth-order valence-corrected chi connectivity index (χ4v) is 3.95. The van der Waals surface area contributed by atoms with Gasteiger partial charge in [0.2, 0.25) is 0 Å². The van der Waals surface area contributed by atoms with Crippen molar-refractivity contribution in [2.24, 2.45) is 0 Å². The van der Waals surface area contributed by atoms with E-state index in [4.69, 9.17) is 9.84 Å². The molecule has 2 aromatic carbocycles. The van der Waals surface area contributed by atoms with Crippen molar-refractivity contribution in [3.63, 3.8) is 0 Å². The van der Waals surface area contributed by atoms with Crippen LogP contribution in [0.1, 0.15) is 19.0 Å². The Bertz CT molecular complexity index is 1290. The van der Waals surface area contributed by atoms with Crippen molar-refractivity contribution in [2.45, 2.75) is 26.0 Å². The normalized spacial score (nSPS) is 12.1. The van der Waals surface area contributed by atoms with Gasteiger partial charge in [0.25, 0.3) is 0 Å². The maximum atomic E-state index is 13.3. The topological polar surface area (TPSA) is 131 Å². The van der Waals surface area contributed by atoms with Gasteiger partial charge in [-0.2, -0.15) is 5.10 Å². The first-order valence-corrected chi connectivity index (χ1v) is 12.3. The molecular formula is C26H32FN7O3. The standard InChI is InChI=1S/C26H32FN7O3/c1-2-34(10-11-35)9-4-12-37-21-7-8-22-23(16-21)28-17-29-26(22)31-24-14-20(32-33-24)15-25(36)30-19-6-3-5-18(27)13-19/h3,5-8,13-14,16-17,25,30,35-36H,2,4,9-12,15H2,1H3,(H2,28,29,31,32,33). The molecule has 1 atom stereocenters. The summed E-state index contributed by atoms with van der Waals surface area (Å²) in [6, 6.07) is 13.4. The molecule has 11 heteroatoms. The van der Waals surface area contributed by atoms with Crippen LogP contribution < -0.4 is 15.4 Å². The van der Waals surface area contributed by atoms with Gasteiger partial charge in [-0.15, -0.1) is 0 Å². The molecule has 0 aliphatic rings. The second-order valence-electron chi connectivity index (χ2n) is 8.53. The van der Waals surface area contributed by atoms with Crippen LogP contribution in [0.5, 0.6) is 5.75 Å². The summed E-state index contributed by atoms with van der Waals surface area (Å²) in [7, 11) is 0. The van der Waals surface area contributed by atoms with Crippen LogP contribution in [0.3, 0.4) is 0 Å². The van der Waals surface area contributed by atoms with E-state index in [0.29, 0.717) is 36.2 Å². The SMILES string of the molecule is CCN(CCO)CCCOc1ccc2c(Nc3cc(CC(O)Nc4cccc(F)c4)n[nH]3)ncnc2c1. The summed E-state index contributed by atoms with van der Waals surface area (Å²) in [5.74, 6) is 1.56. The van der Waals surface area contributed by atoms with Crippen molar-refractivity contribution in [3.05, 3.63) is 66.4 Å². The van der Waals surface area contributed by atoms with Gasteiger partial charge in [0, 0.05) is 42.7 Å². The first kappa shape index (κ1) is 26.3. The molecular weight excluding hydrogens is 477 g/mol. The van der Waals surface area contributed by atoms with Gasteiger partial charge in [0.1, 0.15) is 35.8 Å². The Morgan fingerprint density at radius 2 is 2.03 bits per heavy atom. The smallest absolute Gasteiger partial charge is 0.142 e. The number of hydrogen-bond donors (Lipinski definition) is 5. The third-order valence-electron chi connectivity index (χ3n) is 5.80. The molecule has 2 aromatic heterocycles. The fourth-order valence-electron chi connectivity index (χ4n) is 3.95. The first-order valence-electron chi connectivity index (χ1n) is 12.3. The van der Waals surface area contributed by atoms with Gasteiger partial charge in [0.15, 0.2) is 0 Å². The summed E-state index contributed by atoms with van der Waals surface area (Å²) in [6.45, 7) is 5.23. The lowest BCUT2D eigenvalue weighted by atomic mass is 10.2. The van der Waals surface area contributed by atoms with Crippen LogP contribution >= 0.6 is 0 Å². The van der Waals surface area contributed by atoms with Gasteiger partial charge < -0.3 is 30.5 Å². The minimum absolute atomic E-state index is 0.158. The molecule has 0 spiro atoms. The number of nitrogens with one attached hydrogen (secondary N) is 3. The quantitative estimate of drug-likeness (QED) is 0.128. The highest BCUT2D eigenvalue weighted by Gasteiger charge is 2.11. The van der Waals surface area contributed by atoms with Crippen LogP contribution in [0, 0.1) is 5.82 Å². The molecule has 5 N–H and O–H groups in total. The Balaban J connectivity index is 1.33.